The number of anilines is 1. The summed E-state index contributed by atoms with van der Waals surface area (Å²) in [6, 6.07) is 13.4. The van der Waals surface area contributed by atoms with Crippen molar-refractivity contribution < 1.29 is 4.74 Å². The average Bonchev–Trinajstić information content (AvgIpc) is 2.39. The molecule has 0 fully saturated rings. The van der Waals surface area contributed by atoms with Gasteiger partial charge in [0.25, 0.3) is 0 Å². The summed E-state index contributed by atoms with van der Waals surface area (Å²) in [4.78, 5) is 0. The van der Waals surface area contributed by atoms with E-state index in [1.54, 1.807) is 0 Å². The molecule has 2 rings (SSSR count). The van der Waals surface area contributed by atoms with Crippen molar-refractivity contribution in [2.45, 2.75) is 26.5 Å². The third-order valence-electron chi connectivity index (χ3n) is 2.73. The Morgan fingerprint density at radius 1 is 1.00 bits per heavy atom. The first-order valence-electron chi connectivity index (χ1n) is 6.49. The van der Waals surface area contributed by atoms with Crippen LogP contribution in [-0.4, -0.2) is 6.10 Å². The Balaban J connectivity index is 2.00. The van der Waals surface area contributed by atoms with E-state index >= 15 is 0 Å². The van der Waals surface area contributed by atoms with Crippen molar-refractivity contribution >= 4 is 28.9 Å². The molecule has 0 aliphatic carbocycles. The van der Waals surface area contributed by atoms with Gasteiger partial charge in [-0.25, -0.2) is 0 Å². The third kappa shape index (κ3) is 4.06. The average molecular weight is 310 g/mol. The summed E-state index contributed by atoms with van der Waals surface area (Å²) in [5.74, 6) is 0.875. The number of hydrogen-bond donors (Lipinski definition) is 1. The molecule has 0 saturated carbocycles. The van der Waals surface area contributed by atoms with Crippen LogP contribution in [0.4, 0.5) is 5.69 Å². The van der Waals surface area contributed by atoms with Crippen molar-refractivity contribution in [2.75, 3.05) is 5.32 Å². The first kappa shape index (κ1) is 15.0. The Bertz CT molecular complexity index is 547. The zero-order valence-electron chi connectivity index (χ0n) is 11.5. The second kappa shape index (κ2) is 6.87. The van der Waals surface area contributed by atoms with Crippen LogP contribution in [0.5, 0.6) is 5.75 Å². The molecule has 4 heteroatoms. The summed E-state index contributed by atoms with van der Waals surface area (Å²) < 4.78 is 5.61. The van der Waals surface area contributed by atoms with Gasteiger partial charge < -0.3 is 10.1 Å². The normalized spacial score (nSPS) is 10.7. The van der Waals surface area contributed by atoms with Gasteiger partial charge in [0.05, 0.1) is 21.8 Å². The van der Waals surface area contributed by atoms with Crippen LogP contribution < -0.4 is 10.1 Å². The number of ether oxygens (including phenoxy) is 1. The molecule has 0 spiro atoms. The zero-order chi connectivity index (χ0) is 14.5. The van der Waals surface area contributed by atoms with Gasteiger partial charge in [0.15, 0.2) is 0 Å². The number of nitrogens with one attached hydrogen (secondary N) is 1. The van der Waals surface area contributed by atoms with Crippen LogP contribution in [0.1, 0.15) is 19.4 Å². The highest BCUT2D eigenvalue weighted by Gasteiger charge is 2.05. The predicted molar refractivity (Wildman–Crippen MR) is 86.0 cm³/mol. The van der Waals surface area contributed by atoms with E-state index in [0.29, 0.717) is 16.6 Å². The maximum atomic E-state index is 6.11. The molecule has 0 atom stereocenters. The molecule has 2 aromatic carbocycles. The maximum absolute atomic E-state index is 6.11. The van der Waals surface area contributed by atoms with Gasteiger partial charge in [-0.2, -0.15) is 0 Å². The molecule has 0 heterocycles. The lowest BCUT2D eigenvalue weighted by Crippen LogP contribution is -2.05. The molecule has 0 saturated heterocycles. The molecule has 0 aliphatic heterocycles. The standard InChI is InChI=1S/C16H17Cl2NO/c1-11(2)20-13-8-6-12(7-9-13)10-19-16-14(17)4-3-5-15(16)18/h3-9,11,19H,10H2,1-2H3. The van der Waals surface area contributed by atoms with E-state index < -0.39 is 0 Å². The molecule has 0 aromatic heterocycles. The minimum Gasteiger partial charge on any atom is -0.491 e. The van der Waals surface area contributed by atoms with Crippen molar-refractivity contribution in [3.8, 4) is 5.75 Å². The second-order valence-electron chi connectivity index (χ2n) is 4.76. The van der Waals surface area contributed by atoms with Gasteiger partial charge in [0.2, 0.25) is 0 Å². The van der Waals surface area contributed by atoms with E-state index in [2.05, 4.69) is 5.32 Å². The van der Waals surface area contributed by atoms with E-state index in [-0.39, 0.29) is 6.10 Å². The van der Waals surface area contributed by atoms with Crippen LogP contribution in [0.15, 0.2) is 42.5 Å². The molecule has 20 heavy (non-hydrogen) atoms. The van der Waals surface area contributed by atoms with Crippen LogP contribution >= 0.6 is 23.2 Å². The Hall–Kier alpha value is -1.38. The van der Waals surface area contributed by atoms with Crippen LogP contribution in [0.25, 0.3) is 0 Å². The first-order chi connectivity index (χ1) is 9.56. The SMILES string of the molecule is CC(C)Oc1ccc(CNc2c(Cl)cccc2Cl)cc1. The molecular weight excluding hydrogens is 293 g/mol. The largest absolute Gasteiger partial charge is 0.491 e. The first-order valence-corrected chi connectivity index (χ1v) is 7.25. The van der Waals surface area contributed by atoms with E-state index in [4.69, 9.17) is 27.9 Å². The lowest BCUT2D eigenvalue weighted by atomic mass is 10.2. The Kier molecular flexibility index (Phi) is 5.16. The summed E-state index contributed by atoms with van der Waals surface area (Å²) in [5, 5.41) is 4.50. The van der Waals surface area contributed by atoms with E-state index in [9.17, 15) is 0 Å². The van der Waals surface area contributed by atoms with Gasteiger partial charge >= 0.3 is 0 Å². The molecule has 0 unspecified atom stereocenters. The molecule has 0 aliphatic rings. The highest BCUT2D eigenvalue weighted by atomic mass is 35.5. The van der Waals surface area contributed by atoms with Crippen molar-refractivity contribution in [3.63, 3.8) is 0 Å². The van der Waals surface area contributed by atoms with E-state index in [1.165, 1.54) is 0 Å². The molecule has 1 N–H and O–H groups in total. The van der Waals surface area contributed by atoms with Crippen LogP contribution in [0, 0.1) is 0 Å². The smallest absolute Gasteiger partial charge is 0.119 e. The molecule has 2 aromatic rings. The number of para-hydroxylation sites is 1. The molecule has 2 nitrogen and oxygen atoms in total. The number of hydrogen-bond acceptors (Lipinski definition) is 2. The van der Waals surface area contributed by atoms with Gasteiger partial charge in [-0.15, -0.1) is 0 Å². The Morgan fingerprint density at radius 2 is 1.60 bits per heavy atom. The van der Waals surface area contributed by atoms with Gasteiger partial charge in [-0.1, -0.05) is 41.4 Å². The lowest BCUT2D eigenvalue weighted by molar-refractivity contribution is 0.242. The van der Waals surface area contributed by atoms with E-state index in [1.807, 2.05) is 56.3 Å². The molecule has 0 radical (unpaired) electrons. The number of halogens is 2. The highest BCUT2D eigenvalue weighted by Crippen LogP contribution is 2.30. The minimum absolute atomic E-state index is 0.181. The fraction of sp³-hybridized carbons (Fsp3) is 0.250. The molecule has 106 valence electrons. The predicted octanol–water partition coefficient (Wildman–Crippen LogP) is 5.39. The van der Waals surface area contributed by atoms with Crippen molar-refractivity contribution in [3.05, 3.63) is 58.1 Å². The lowest BCUT2D eigenvalue weighted by Gasteiger charge is -2.12. The van der Waals surface area contributed by atoms with Crippen LogP contribution in [0.3, 0.4) is 0 Å². The highest BCUT2D eigenvalue weighted by molar-refractivity contribution is 6.39. The van der Waals surface area contributed by atoms with E-state index in [0.717, 1.165) is 17.0 Å². The van der Waals surface area contributed by atoms with Crippen molar-refractivity contribution in [1.82, 2.24) is 0 Å². The van der Waals surface area contributed by atoms with Crippen LogP contribution in [0.2, 0.25) is 10.0 Å². The zero-order valence-corrected chi connectivity index (χ0v) is 13.0. The summed E-state index contributed by atoms with van der Waals surface area (Å²) in [6.45, 7) is 4.68. The molecule has 0 amide bonds. The summed E-state index contributed by atoms with van der Waals surface area (Å²) in [7, 11) is 0. The Morgan fingerprint density at radius 3 is 2.15 bits per heavy atom. The third-order valence-corrected chi connectivity index (χ3v) is 3.36. The second-order valence-corrected chi connectivity index (χ2v) is 5.58. The van der Waals surface area contributed by atoms with Gasteiger partial charge in [-0.05, 0) is 43.7 Å². The number of benzene rings is 2. The van der Waals surface area contributed by atoms with Crippen LogP contribution in [-0.2, 0) is 6.54 Å². The van der Waals surface area contributed by atoms with Crippen molar-refractivity contribution in [1.29, 1.82) is 0 Å². The summed E-state index contributed by atoms with van der Waals surface area (Å²) in [6.07, 6.45) is 0.181. The molecule has 0 bridgehead atoms. The number of rotatable bonds is 5. The fourth-order valence-electron chi connectivity index (χ4n) is 1.82. The summed E-state index contributed by atoms with van der Waals surface area (Å²) >= 11 is 12.2. The summed E-state index contributed by atoms with van der Waals surface area (Å²) in [5.41, 5.74) is 1.90. The van der Waals surface area contributed by atoms with Gasteiger partial charge in [-0.3, -0.25) is 0 Å². The fourth-order valence-corrected chi connectivity index (χ4v) is 2.35. The maximum Gasteiger partial charge on any atom is 0.119 e. The monoisotopic (exact) mass is 309 g/mol. The van der Waals surface area contributed by atoms with Gasteiger partial charge in [0, 0.05) is 6.54 Å². The van der Waals surface area contributed by atoms with Crippen molar-refractivity contribution in [2.24, 2.45) is 0 Å². The quantitative estimate of drug-likeness (QED) is 0.799. The molecular formula is C16H17Cl2NO. The minimum atomic E-state index is 0.181. The Labute approximate surface area is 129 Å². The topological polar surface area (TPSA) is 21.3 Å². The van der Waals surface area contributed by atoms with Gasteiger partial charge in [0.1, 0.15) is 5.75 Å².